The third-order valence-corrected chi connectivity index (χ3v) is 2.61. The quantitative estimate of drug-likeness (QED) is 0.653. The van der Waals surface area contributed by atoms with Gasteiger partial charge >= 0.3 is 6.09 Å². The zero-order chi connectivity index (χ0) is 14.0. The van der Waals surface area contributed by atoms with Gasteiger partial charge < -0.3 is 10.5 Å². The Balaban J connectivity index is 0.000000331. The van der Waals surface area contributed by atoms with E-state index in [0.29, 0.717) is 0 Å². The molecular weight excluding hydrogens is 341 g/mol. The average molecular weight is 363 g/mol. The van der Waals surface area contributed by atoms with Crippen LogP contribution in [0, 0.1) is 0 Å². The first kappa shape index (κ1) is 17.2. The second-order valence-corrected chi connectivity index (χ2v) is 5.89. The van der Waals surface area contributed by atoms with Gasteiger partial charge in [0, 0.05) is 0 Å². The Morgan fingerprint density at radius 3 is 2.17 bits per heavy atom. The molecule has 0 saturated heterocycles. The average Bonchev–Trinajstić information content (AvgIpc) is 2.25. The van der Waals surface area contributed by atoms with E-state index in [1.807, 2.05) is 0 Å². The van der Waals surface area contributed by atoms with Crippen molar-refractivity contribution in [2.75, 3.05) is 4.43 Å². The Morgan fingerprint density at radius 1 is 1.28 bits per heavy atom. The number of hydrogen-bond acceptors (Lipinski definition) is 2. The number of ether oxygens (including phenoxy) is 1. The van der Waals surface area contributed by atoms with Crippen LogP contribution >= 0.6 is 22.6 Å². The molecule has 0 atom stereocenters. The molecule has 0 aliphatic heterocycles. The fourth-order valence-corrected chi connectivity index (χ4v) is 1.60. The lowest BCUT2D eigenvalue weighted by Gasteiger charge is -2.16. The number of rotatable bonds is 3. The molecule has 0 bridgehead atoms. The van der Waals surface area contributed by atoms with E-state index in [-0.39, 0.29) is 0 Å². The van der Waals surface area contributed by atoms with Crippen molar-refractivity contribution in [3.63, 3.8) is 0 Å². The van der Waals surface area contributed by atoms with E-state index in [2.05, 4.69) is 57.7 Å². The molecule has 0 spiro atoms. The van der Waals surface area contributed by atoms with Crippen LogP contribution in [0.2, 0.25) is 0 Å². The maximum Gasteiger partial charge on any atom is 0.405 e. The summed E-state index contributed by atoms with van der Waals surface area (Å²) in [5, 5.41) is 0. The number of carbonyl (C=O) groups excluding carboxylic acids is 1. The summed E-state index contributed by atoms with van der Waals surface area (Å²) < 4.78 is 5.83. The van der Waals surface area contributed by atoms with Gasteiger partial charge in [0.2, 0.25) is 0 Å². The molecule has 2 N–H and O–H groups in total. The van der Waals surface area contributed by atoms with Crippen LogP contribution in [-0.4, -0.2) is 16.1 Å². The maximum absolute atomic E-state index is 10.0. The van der Waals surface area contributed by atoms with E-state index < -0.39 is 11.7 Å². The van der Waals surface area contributed by atoms with E-state index in [0.717, 1.165) is 0 Å². The molecule has 0 fully saturated rings. The predicted molar refractivity (Wildman–Crippen MR) is 84.1 cm³/mol. The number of aryl methyl sites for hydroxylation is 1. The van der Waals surface area contributed by atoms with Gasteiger partial charge in [-0.15, -0.1) is 0 Å². The first-order valence-corrected chi connectivity index (χ1v) is 7.46. The van der Waals surface area contributed by atoms with Gasteiger partial charge in [0.15, 0.2) is 0 Å². The highest BCUT2D eigenvalue weighted by atomic mass is 127. The molecule has 3 nitrogen and oxygen atoms in total. The van der Waals surface area contributed by atoms with Crippen molar-refractivity contribution >= 4 is 28.7 Å². The van der Waals surface area contributed by atoms with Crippen molar-refractivity contribution < 1.29 is 9.53 Å². The number of halogens is 1. The highest BCUT2D eigenvalue weighted by Crippen LogP contribution is 2.05. The monoisotopic (exact) mass is 363 g/mol. The summed E-state index contributed by atoms with van der Waals surface area (Å²) in [4.78, 5) is 10.0. The van der Waals surface area contributed by atoms with Gasteiger partial charge in [-0.1, -0.05) is 52.9 Å². The lowest BCUT2D eigenvalue weighted by molar-refractivity contribution is 0.0600. The van der Waals surface area contributed by atoms with E-state index in [4.69, 9.17) is 5.73 Å². The number of amides is 1. The standard InChI is InChI=1S/C9H11I.C5H11NO2/c10-8-4-7-9-5-2-1-3-6-9;1-5(2,3)8-4(6)7/h1-3,5-6H,4,7-8H2;1-3H3,(H2,6,7). The van der Waals surface area contributed by atoms with E-state index in [1.165, 1.54) is 22.8 Å². The second-order valence-electron chi connectivity index (χ2n) is 4.81. The van der Waals surface area contributed by atoms with Gasteiger partial charge in [0.1, 0.15) is 5.60 Å². The smallest absolute Gasteiger partial charge is 0.405 e. The lowest BCUT2D eigenvalue weighted by atomic mass is 10.1. The van der Waals surface area contributed by atoms with Crippen molar-refractivity contribution in [2.24, 2.45) is 5.73 Å². The first-order valence-electron chi connectivity index (χ1n) is 5.93. The van der Waals surface area contributed by atoms with Crippen LogP contribution in [0.4, 0.5) is 4.79 Å². The molecule has 0 saturated carbocycles. The summed E-state index contributed by atoms with van der Waals surface area (Å²) >= 11 is 2.41. The molecule has 1 amide bonds. The summed E-state index contributed by atoms with van der Waals surface area (Å²) in [7, 11) is 0. The van der Waals surface area contributed by atoms with Crippen molar-refractivity contribution in [3.8, 4) is 0 Å². The van der Waals surface area contributed by atoms with Crippen molar-refractivity contribution in [3.05, 3.63) is 35.9 Å². The first-order chi connectivity index (χ1) is 8.35. The van der Waals surface area contributed by atoms with E-state index in [1.54, 1.807) is 20.8 Å². The third kappa shape index (κ3) is 11.7. The second kappa shape index (κ2) is 9.19. The summed E-state index contributed by atoms with van der Waals surface area (Å²) in [5.41, 5.74) is 5.72. The molecule has 4 heteroatoms. The molecule has 0 unspecified atom stereocenters. The highest BCUT2D eigenvalue weighted by molar-refractivity contribution is 14.1. The number of primary amides is 1. The van der Waals surface area contributed by atoms with Crippen LogP contribution in [0.15, 0.2) is 30.3 Å². The Hall–Kier alpha value is -0.780. The fraction of sp³-hybridized carbons (Fsp3) is 0.500. The minimum atomic E-state index is -0.725. The molecular formula is C14H22INO2. The van der Waals surface area contributed by atoms with Gasteiger partial charge in [-0.25, -0.2) is 4.79 Å². The Bertz CT molecular complexity index is 333. The normalized spacial score (nSPS) is 10.2. The zero-order valence-corrected chi connectivity index (χ0v) is 13.4. The molecule has 1 rings (SSSR count). The molecule has 0 heterocycles. The molecule has 18 heavy (non-hydrogen) atoms. The molecule has 0 aliphatic rings. The van der Waals surface area contributed by atoms with E-state index in [9.17, 15) is 4.79 Å². The minimum Gasteiger partial charge on any atom is -0.444 e. The van der Waals surface area contributed by atoms with Crippen LogP contribution in [0.25, 0.3) is 0 Å². The van der Waals surface area contributed by atoms with Gasteiger partial charge in [-0.3, -0.25) is 0 Å². The van der Waals surface area contributed by atoms with Crippen molar-refractivity contribution in [1.29, 1.82) is 0 Å². The van der Waals surface area contributed by atoms with Gasteiger partial charge in [0.25, 0.3) is 0 Å². The summed E-state index contributed by atoms with van der Waals surface area (Å²) in [6, 6.07) is 10.6. The molecule has 1 aromatic carbocycles. The van der Waals surface area contributed by atoms with Gasteiger partial charge in [0.05, 0.1) is 0 Å². The summed E-state index contributed by atoms with van der Waals surface area (Å²) in [6.45, 7) is 5.28. The highest BCUT2D eigenvalue weighted by Gasteiger charge is 2.12. The molecule has 102 valence electrons. The SMILES string of the molecule is CC(C)(C)OC(N)=O.ICCCc1ccccc1. The third-order valence-electron chi connectivity index (χ3n) is 1.85. The van der Waals surface area contributed by atoms with E-state index >= 15 is 0 Å². The Kier molecular flexibility index (Phi) is 8.79. The number of hydrogen-bond donors (Lipinski definition) is 1. The van der Waals surface area contributed by atoms with Crippen molar-refractivity contribution in [2.45, 2.75) is 39.2 Å². The molecule has 0 aromatic heterocycles. The largest absolute Gasteiger partial charge is 0.444 e. The summed E-state index contributed by atoms with van der Waals surface area (Å²) in [6.07, 6.45) is 1.80. The zero-order valence-electron chi connectivity index (χ0n) is 11.3. The fourth-order valence-electron chi connectivity index (χ4n) is 1.22. The van der Waals surface area contributed by atoms with Gasteiger partial charge in [-0.05, 0) is 43.6 Å². The maximum atomic E-state index is 10.0. The number of carbonyl (C=O) groups is 1. The number of alkyl halides is 1. The van der Waals surface area contributed by atoms with Crippen LogP contribution in [-0.2, 0) is 11.2 Å². The molecule has 0 aliphatic carbocycles. The minimum absolute atomic E-state index is 0.453. The Labute approximate surface area is 123 Å². The van der Waals surface area contributed by atoms with Crippen molar-refractivity contribution in [1.82, 2.24) is 0 Å². The predicted octanol–water partition coefficient (Wildman–Crippen LogP) is 3.93. The lowest BCUT2D eigenvalue weighted by Crippen LogP contribution is -2.27. The Morgan fingerprint density at radius 2 is 1.83 bits per heavy atom. The topological polar surface area (TPSA) is 52.3 Å². The molecule has 0 radical (unpaired) electrons. The van der Waals surface area contributed by atoms with Crippen LogP contribution < -0.4 is 5.73 Å². The number of nitrogens with two attached hydrogens (primary N) is 1. The van der Waals surface area contributed by atoms with Crippen LogP contribution in [0.3, 0.4) is 0 Å². The van der Waals surface area contributed by atoms with Crippen LogP contribution in [0.1, 0.15) is 32.8 Å². The van der Waals surface area contributed by atoms with Crippen LogP contribution in [0.5, 0.6) is 0 Å². The molecule has 1 aromatic rings. The summed E-state index contributed by atoms with van der Waals surface area (Å²) in [5.74, 6) is 0. The van der Waals surface area contributed by atoms with Gasteiger partial charge in [-0.2, -0.15) is 0 Å². The number of benzene rings is 1.